The Morgan fingerprint density at radius 1 is 0.926 bits per heavy atom. The zero-order chi connectivity index (χ0) is 18.6. The highest BCUT2D eigenvalue weighted by Gasteiger charge is 2.10. The number of carbonyl (C=O) groups excluding carboxylic acids is 1. The van der Waals surface area contributed by atoms with Gasteiger partial charge in [-0.05, 0) is 29.8 Å². The molecule has 0 bridgehead atoms. The van der Waals surface area contributed by atoms with Crippen LogP contribution in [0.25, 0.3) is 22.0 Å². The summed E-state index contributed by atoms with van der Waals surface area (Å²) in [5.41, 5.74) is 2.13. The molecule has 1 amide bonds. The molecule has 0 aliphatic rings. The predicted molar refractivity (Wildman–Crippen MR) is 102 cm³/mol. The Morgan fingerprint density at radius 2 is 1.70 bits per heavy atom. The molecular formula is C20H15N5O2. The van der Waals surface area contributed by atoms with Crippen molar-refractivity contribution in [2.45, 2.75) is 6.54 Å². The van der Waals surface area contributed by atoms with Gasteiger partial charge < -0.3 is 5.32 Å². The first-order valence-electron chi connectivity index (χ1n) is 8.34. The molecule has 7 nitrogen and oxygen atoms in total. The Morgan fingerprint density at radius 3 is 2.48 bits per heavy atom. The van der Waals surface area contributed by atoms with E-state index in [0.29, 0.717) is 16.7 Å². The molecular weight excluding hydrogens is 342 g/mol. The van der Waals surface area contributed by atoms with Crippen molar-refractivity contribution in [3.05, 3.63) is 83.3 Å². The molecule has 2 aromatic heterocycles. The maximum absolute atomic E-state index is 12.4. The number of rotatable bonds is 4. The van der Waals surface area contributed by atoms with Crippen LogP contribution in [-0.4, -0.2) is 25.9 Å². The molecule has 1 N–H and O–H groups in total. The van der Waals surface area contributed by atoms with Gasteiger partial charge in [0.1, 0.15) is 17.9 Å². The molecule has 2 aromatic carbocycles. The van der Waals surface area contributed by atoms with Crippen molar-refractivity contribution in [3.63, 3.8) is 0 Å². The summed E-state index contributed by atoms with van der Waals surface area (Å²) in [6.07, 6.45) is 1.69. The average Bonchev–Trinajstić information content (AvgIpc) is 2.71. The third-order valence-corrected chi connectivity index (χ3v) is 4.06. The lowest BCUT2D eigenvalue weighted by Gasteiger charge is -2.07. The van der Waals surface area contributed by atoms with Crippen LogP contribution >= 0.6 is 0 Å². The topological polar surface area (TPSA) is 89.8 Å². The van der Waals surface area contributed by atoms with Gasteiger partial charge in [-0.1, -0.05) is 47.7 Å². The lowest BCUT2D eigenvalue weighted by atomic mass is 10.1. The first-order chi connectivity index (χ1) is 13.2. The highest BCUT2D eigenvalue weighted by Crippen LogP contribution is 2.18. The summed E-state index contributed by atoms with van der Waals surface area (Å²) in [7, 11) is 0. The molecule has 27 heavy (non-hydrogen) atoms. The molecule has 132 valence electrons. The number of anilines is 1. The summed E-state index contributed by atoms with van der Waals surface area (Å²) in [6, 6.07) is 20.3. The van der Waals surface area contributed by atoms with E-state index in [1.165, 1.54) is 0 Å². The number of aromatic nitrogens is 4. The SMILES string of the molecule is O=C(Cn1nnc2ccccc2c1=O)Nc1ccc(-c2ccccc2)cn1. The van der Waals surface area contributed by atoms with Crippen molar-refractivity contribution < 1.29 is 4.79 Å². The number of nitrogens with zero attached hydrogens (tertiary/aromatic N) is 4. The van der Waals surface area contributed by atoms with Crippen molar-refractivity contribution in [3.8, 4) is 11.1 Å². The minimum Gasteiger partial charge on any atom is -0.309 e. The van der Waals surface area contributed by atoms with Gasteiger partial charge in [0.2, 0.25) is 5.91 Å². The van der Waals surface area contributed by atoms with Crippen LogP contribution in [0.15, 0.2) is 77.7 Å². The summed E-state index contributed by atoms with van der Waals surface area (Å²) in [6.45, 7) is -0.237. The molecule has 0 saturated carbocycles. The maximum atomic E-state index is 12.4. The molecule has 0 saturated heterocycles. The fourth-order valence-corrected chi connectivity index (χ4v) is 2.71. The van der Waals surface area contributed by atoms with E-state index in [2.05, 4.69) is 20.6 Å². The van der Waals surface area contributed by atoms with E-state index in [9.17, 15) is 9.59 Å². The fourth-order valence-electron chi connectivity index (χ4n) is 2.71. The molecule has 4 aromatic rings. The van der Waals surface area contributed by atoms with Crippen LogP contribution in [0.1, 0.15) is 0 Å². The second-order valence-electron chi connectivity index (χ2n) is 5.92. The largest absolute Gasteiger partial charge is 0.309 e. The minimum atomic E-state index is -0.401. The zero-order valence-corrected chi connectivity index (χ0v) is 14.2. The van der Waals surface area contributed by atoms with E-state index in [1.807, 2.05) is 36.4 Å². The van der Waals surface area contributed by atoms with Crippen LogP contribution in [0.5, 0.6) is 0 Å². The minimum absolute atomic E-state index is 0.237. The lowest BCUT2D eigenvalue weighted by molar-refractivity contribution is -0.117. The van der Waals surface area contributed by atoms with E-state index < -0.39 is 5.91 Å². The standard InChI is InChI=1S/C20H15N5O2/c26-19(13-25-20(27)16-8-4-5-9-17(16)23-24-25)22-18-11-10-15(12-21-18)14-6-2-1-3-7-14/h1-12H,13H2,(H,21,22,26). The molecule has 0 unspecified atom stereocenters. The van der Waals surface area contributed by atoms with Crippen LogP contribution in [0.2, 0.25) is 0 Å². The summed E-state index contributed by atoms with van der Waals surface area (Å²) in [4.78, 5) is 28.9. The molecule has 7 heteroatoms. The monoisotopic (exact) mass is 357 g/mol. The molecule has 4 rings (SSSR count). The van der Waals surface area contributed by atoms with Crippen LogP contribution in [0.3, 0.4) is 0 Å². The Labute approximate surface area is 154 Å². The Hall–Kier alpha value is -3.87. The summed E-state index contributed by atoms with van der Waals surface area (Å²) < 4.78 is 1.04. The first kappa shape index (κ1) is 16.6. The van der Waals surface area contributed by atoms with E-state index in [1.54, 1.807) is 36.5 Å². The fraction of sp³-hybridized carbons (Fsp3) is 0.0500. The number of benzene rings is 2. The predicted octanol–water partition coefficient (Wildman–Crippen LogP) is 2.49. The van der Waals surface area contributed by atoms with Gasteiger partial charge in [-0.3, -0.25) is 9.59 Å². The van der Waals surface area contributed by atoms with Gasteiger partial charge >= 0.3 is 0 Å². The average molecular weight is 357 g/mol. The van der Waals surface area contributed by atoms with Crippen LogP contribution in [0, 0.1) is 0 Å². The van der Waals surface area contributed by atoms with Crippen molar-refractivity contribution in [1.82, 2.24) is 20.0 Å². The number of amides is 1. The smallest absolute Gasteiger partial charge is 0.278 e. The molecule has 0 radical (unpaired) electrons. The maximum Gasteiger partial charge on any atom is 0.278 e. The molecule has 0 aliphatic heterocycles. The van der Waals surface area contributed by atoms with E-state index in [4.69, 9.17) is 0 Å². The number of carbonyl (C=O) groups is 1. The number of pyridine rings is 1. The first-order valence-corrected chi connectivity index (χ1v) is 8.34. The van der Waals surface area contributed by atoms with E-state index >= 15 is 0 Å². The second kappa shape index (κ2) is 7.17. The molecule has 0 atom stereocenters. The highest BCUT2D eigenvalue weighted by atomic mass is 16.2. The van der Waals surface area contributed by atoms with Gasteiger partial charge in [0.25, 0.3) is 5.56 Å². The summed E-state index contributed by atoms with van der Waals surface area (Å²) >= 11 is 0. The van der Waals surface area contributed by atoms with E-state index in [-0.39, 0.29) is 12.1 Å². The molecule has 0 fully saturated rings. The van der Waals surface area contributed by atoms with Gasteiger partial charge in [-0.15, -0.1) is 5.10 Å². The normalized spacial score (nSPS) is 10.7. The van der Waals surface area contributed by atoms with Crippen molar-refractivity contribution in [1.29, 1.82) is 0 Å². The summed E-state index contributed by atoms with van der Waals surface area (Å²) in [5.74, 6) is 0.00289. The van der Waals surface area contributed by atoms with Gasteiger partial charge in [0, 0.05) is 11.8 Å². The van der Waals surface area contributed by atoms with Crippen LogP contribution in [-0.2, 0) is 11.3 Å². The second-order valence-corrected chi connectivity index (χ2v) is 5.92. The van der Waals surface area contributed by atoms with Crippen LogP contribution in [0.4, 0.5) is 5.82 Å². The van der Waals surface area contributed by atoms with Crippen molar-refractivity contribution in [2.24, 2.45) is 0 Å². The van der Waals surface area contributed by atoms with Gasteiger partial charge in [-0.25, -0.2) is 9.67 Å². The lowest BCUT2D eigenvalue weighted by Crippen LogP contribution is -2.30. The third-order valence-electron chi connectivity index (χ3n) is 4.06. The van der Waals surface area contributed by atoms with Gasteiger partial charge in [-0.2, -0.15) is 0 Å². The number of nitrogens with one attached hydrogen (secondary N) is 1. The van der Waals surface area contributed by atoms with Crippen molar-refractivity contribution in [2.75, 3.05) is 5.32 Å². The van der Waals surface area contributed by atoms with Crippen molar-refractivity contribution >= 4 is 22.6 Å². The third kappa shape index (κ3) is 3.57. The molecule has 0 aliphatic carbocycles. The van der Waals surface area contributed by atoms with E-state index in [0.717, 1.165) is 15.8 Å². The quantitative estimate of drug-likeness (QED) is 0.606. The Balaban J connectivity index is 1.48. The summed E-state index contributed by atoms with van der Waals surface area (Å²) in [5, 5.41) is 10.9. The number of hydrogen-bond acceptors (Lipinski definition) is 5. The molecule has 2 heterocycles. The number of fused-ring (bicyclic) bond motifs is 1. The molecule has 0 spiro atoms. The Kier molecular flexibility index (Phi) is 4.40. The van der Waals surface area contributed by atoms with Gasteiger partial charge in [0.15, 0.2) is 0 Å². The Bertz CT molecular complexity index is 1150. The van der Waals surface area contributed by atoms with Crippen LogP contribution < -0.4 is 10.9 Å². The highest BCUT2D eigenvalue weighted by molar-refractivity contribution is 5.89. The van der Waals surface area contributed by atoms with Gasteiger partial charge in [0.05, 0.1) is 5.39 Å². The zero-order valence-electron chi connectivity index (χ0n) is 14.2. The number of hydrogen-bond donors (Lipinski definition) is 1.